The van der Waals surface area contributed by atoms with Crippen LogP contribution in [0.15, 0.2) is 53.4 Å². The first-order valence-corrected chi connectivity index (χ1v) is 13.9. The number of benzene rings is 2. The molecule has 2 aromatic carbocycles. The van der Waals surface area contributed by atoms with Crippen molar-refractivity contribution in [2.75, 3.05) is 46.9 Å². The van der Waals surface area contributed by atoms with Crippen LogP contribution in [0.2, 0.25) is 0 Å². The van der Waals surface area contributed by atoms with Crippen LogP contribution in [0.4, 0.5) is 0 Å². The molecule has 0 aliphatic carbocycles. The first kappa shape index (κ1) is 27.6. The molecular weight excluding hydrogens is 512 g/mol. The molecule has 0 bridgehead atoms. The Labute approximate surface area is 226 Å². The zero-order valence-electron chi connectivity index (χ0n) is 21.7. The van der Waals surface area contributed by atoms with Gasteiger partial charge in [0, 0.05) is 36.2 Å². The van der Waals surface area contributed by atoms with Gasteiger partial charge in [0.05, 0.1) is 35.2 Å². The minimum Gasteiger partial charge on any atom is -0.378 e. The van der Waals surface area contributed by atoms with Crippen molar-refractivity contribution in [1.82, 2.24) is 19.6 Å². The van der Waals surface area contributed by atoms with Gasteiger partial charge in [-0.2, -0.15) is 15.7 Å². The number of carbonyl (C=O) groups excluding carboxylic acids is 1. The van der Waals surface area contributed by atoms with E-state index in [-0.39, 0.29) is 35.2 Å². The van der Waals surface area contributed by atoms with E-state index < -0.39 is 10.6 Å². The molecule has 2 N–H and O–H groups in total. The van der Waals surface area contributed by atoms with Gasteiger partial charge in [-0.3, -0.25) is 13.9 Å². The lowest BCUT2D eigenvalue weighted by molar-refractivity contribution is 0.0298. The molecule has 1 aromatic heterocycles. The number of aromatic nitrogens is 2. The molecule has 37 heavy (non-hydrogen) atoms. The summed E-state index contributed by atoms with van der Waals surface area (Å²) in [4.78, 5) is 18.0. The second-order valence-corrected chi connectivity index (χ2v) is 12.5. The van der Waals surface area contributed by atoms with Gasteiger partial charge in [0.1, 0.15) is 0 Å². The van der Waals surface area contributed by atoms with Crippen molar-refractivity contribution in [3.63, 3.8) is 0 Å². The molecule has 1 fully saturated rings. The molecule has 2 aliphatic heterocycles. The maximum absolute atomic E-state index is 13.6. The van der Waals surface area contributed by atoms with E-state index in [0.717, 1.165) is 17.9 Å². The van der Waals surface area contributed by atoms with Gasteiger partial charge in [0.15, 0.2) is 5.69 Å². The summed E-state index contributed by atoms with van der Waals surface area (Å²) >= 11 is 0. The van der Waals surface area contributed by atoms with Crippen LogP contribution in [0.1, 0.15) is 35.5 Å². The Balaban J connectivity index is 0.00000320. The molecule has 0 radical (unpaired) electrons. The summed E-state index contributed by atoms with van der Waals surface area (Å²) < 4.78 is 29.2. The third kappa shape index (κ3) is 5.16. The molecular formula is C27H35ClN4O4S. The SMILES string of the molecule is CN(C)CC(C)(C)c1ccc(-n2nc(C(=O)N3CCOCC3)c3c2-c2ccccc2S(O)(O)C3)cc1.Cl. The summed E-state index contributed by atoms with van der Waals surface area (Å²) in [5, 5.41) is 4.81. The highest BCUT2D eigenvalue weighted by Crippen LogP contribution is 2.59. The zero-order chi connectivity index (χ0) is 25.7. The van der Waals surface area contributed by atoms with Crippen LogP contribution in [-0.4, -0.2) is 81.5 Å². The lowest BCUT2D eigenvalue weighted by Crippen LogP contribution is -2.41. The molecule has 3 aromatic rings. The minimum absolute atomic E-state index is 0. The van der Waals surface area contributed by atoms with E-state index in [9.17, 15) is 13.9 Å². The number of amides is 1. The van der Waals surface area contributed by atoms with Gasteiger partial charge in [0.2, 0.25) is 0 Å². The third-order valence-corrected chi connectivity index (χ3v) is 8.68. The number of fused-ring (bicyclic) bond motifs is 3. The summed E-state index contributed by atoms with van der Waals surface area (Å²) in [6.45, 7) is 7.29. The molecule has 3 heterocycles. The van der Waals surface area contributed by atoms with E-state index in [1.54, 1.807) is 21.7 Å². The fourth-order valence-electron chi connectivity index (χ4n) is 5.30. The fraction of sp³-hybridized carbons (Fsp3) is 0.407. The fourth-order valence-corrected chi connectivity index (χ4v) is 6.95. The molecule has 0 atom stereocenters. The van der Waals surface area contributed by atoms with E-state index in [1.165, 1.54) is 5.56 Å². The number of ether oxygens (including phenoxy) is 1. The highest BCUT2D eigenvalue weighted by molar-refractivity contribution is 8.23. The molecule has 8 nitrogen and oxygen atoms in total. The predicted molar refractivity (Wildman–Crippen MR) is 149 cm³/mol. The lowest BCUT2D eigenvalue weighted by Gasteiger charge is -2.38. The molecule has 200 valence electrons. The van der Waals surface area contributed by atoms with E-state index in [2.05, 4.69) is 45.0 Å². The van der Waals surface area contributed by atoms with Gasteiger partial charge in [0.25, 0.3) is 5.91 Å². The van der Waals surface area contributed by atoms with Crippen molar-refractivity contribution in [3.8, 4) is 16.9 Å². The Kier molecular flexibility index (Phi) is 7.77. The van der Waals surface area contributed by atoms with Crippen LogP contribution >= 0.6 is 23.0 Å². The van der Waals surface area contributed by atoms with Gasteiger partial charge in [-0.05, 0) is 37.9 Å². The zero-order valence-corrected chi connectivity index (χ0v) is 23.3. The largest absolute Gasteiger partial charge is 0.378 e. The Morgan fingerprint density at radius 1 is 1.08 bits per heavy atom. The molecule has 5 rings (SSSR count). The van der Waals surface area contributed by atoms with Crippen molar-refractivity contribution in [1.29, 1.82) is 0 Å². The number of likely N-dealkylation sites (N-methyl/N-ethyl adjacent to an activating group) is 1. The van der Waals surface area contributed by atoms with Crippen molar-refractivity contribution >= 4 is 28.9 Å². The first-order chi connectivity index (χ1) is 17.1. The number of morpholine rings is 1. The van der Waals surface area contributed by atoms with Gasteiger partial charge >= 0.3 is 0 Å². The van der Waals surface area contributed by atoms with Crippen molar-refractivity contribution < 1.29 is 18.6 Å². The predicted octanol–water partition coefficient (Wildman–Crippen LogP) is 4.90. The average molecular weight is 547 g/mol. The summed E-state index contributed by atoms with van der Waals surface area (Å²) in [5.74, 6) is -0.231. The molecule has 10 heteroatoms. The number of nitrogens with zero attached hydrogens (tertiary/aromatic N) is 4. The molecule has 0 unspecified atom stereocenters. The maximum atomic E-state index is 13.6. The minimum atomic E-state index is -3.10. The van der Waals surface area contributed by atoms with E-state index >= 15 is 0 Å². The van der Waals surface area contributed by atoms with Gasteiger partial charge in [-0.1, -0.05) is 44.2 Å². The van der Waals surface area contributed by atoms with Crippen LogP contribution in [0.3, 0.4) is 0 Å². The smallest absolute Gasteiger partial charge is 0.274 e. The monoisotopic (exact) mass is 546 g/mol. The molecule has 0 saturated carbocycles. The van der Waals surface area contributed by atoms with E-state index in [0.29, 0.717) is 42.3 Å². The lowest BCUT2D eigenvalue weighted by atomic mass is 9.84. The standard InChI is InChI=1S/C27H34N4O4S.ClH/c1-27(2,18-29(3)4)19-9-11-20(12-10-19)31-25-21-7-5-6-8-23(21)36(33,34)17-22(25)24(28-31)26(32)30-13-15-35-16-14-30;/h5-12,33-34H,13-18H2,1-4H3;1H. The van der Waals surface area contributed by atoms with Gasteiger partial charge in [-0.25, -0.2) is 4.68 Å². The van der Waals surface area contributed by atoms with Gasteiger partial charge in [-0.15, -0.1) is 12.4 Å². The molecule has 1 amide bonds. The second kappa shape index (κ2) is 10.4. The van der Waals surface area contributed by atoms with Crippen LogP contribution in [0.25, 0.3) is 16.9 Å². The normalized spacial score (nSPS) is 17.5. The van der Waals surface area contributed by atoms with Crippen LogP contribution in [0, 0.1) is 0 Å². The summed E-state index contributed by atoms with van der Waals surface area (Å²) in [6.07, 6.45) is 0. The van der Waals surface area contributed by atoms with E-state index in [4.69, 9.17) is 9.84 Å². The molecule has 0 spiro atoms. The van der Waals surface area contributed by atoms with Crippen LogP contribution < -0.4 is 0 Å². The maximum Gasteiger partial charge on any atom is 0.274 e. The average Bonchev–Trinajstić information content (AvgIpc) is 3.22. The molecule has 1 saturated heterocycles. The van der Waals surface area contributed by atoms with Gasteiger partial charge < -0.3 is 14.5 Å². The number of hydrogen-bond donors (Lipinski definition) is 2. The summed E-state index contributed by atoms with van der Waals surface area (Å²) in [6, 6.07) is 15.6. The first-order valence-electron chi connectivity index (χ1n) is 12.2. The Hall–Kier alpha value is -2.40. The van der Waals surface area contributed by atoms with Crippen molar-refractivity contribution in [3.05, 3.63) is 65.4 Å². The van der Waals surface area contributed by atoms with Crippen molar-refractivity contribution in [2.24, 2.45) is 0 Å². The molecule has 2 aliphatic rings. The Morgan fingerprint density at radius 3 is 2.38 bits per heavy atom. The van der Waals surface area contributed by atoms with Crippen LogP contribution in [-0.2, 0) is 15.9 Å². The second-order valence-electron chi connectivity index (χ2n) is 10.5. The number of rotatable bonds is 5. The summed E-state index contributed by atoms with van der Waals surface area (Å²) in [7, 11) is 1.04. The number of hydrogen-bond acceptors (Lipinski definition) is 6. The summed E-state index contributed by atoms with van der Waals surface area (Å²) in [5.41, 5.74) is 4.30. The Morgan fingerprint density at radius 2 is 1.73 bits per heavy atom. The number of halogens is 1. The van der Waals surface area contributed by atoms with Crippen LogP contribution in [0.5, 0.6) is 0 Å². The topological polar surface area (TPSA) is 91.1 Å². The van der Waals surface area contributed by atoms with E-state index in [1.807, 2.05) is 24.3 Å². The quantitative estimate of drug-likeness (QED) is 0.473. The third-order valence-electron chi connectivity index (χ3n) is 6.93. The highest BCUT2D eigenvalue weighted by Gasteiger charge is 2.37. The van der Waals surface area contributed by atoms with Crippen molar-refractivity contribution in [2.45, 2.75) is 29.9 Å². The highest BCUT2D eigenvalue weighted by atomic mass is 35.5. The Bertz CT molecular complexity index is 1280. The number of carbonyl (C=O) groups is 1.